The van der Waals surface area contributed by atoms with Crippen molar-refractivity contribution in [1.82, 2.24) is 20.5 Å². The number of hydrogen-bond acceptors (Lipinski definition) is 7. The summed E-state index contributed by atoms with van der Waals surface area (Å²) >= 11 is 0. The number of nitrogens with zero attached hydrogens (tertiary/aromatic N) is 2. The van der Waals surface area contributed by atoms with Crippen molar-refractivity contribution in [3.05, 3.63) is 29.6 Å². The van der Waals surface area contributed by atoms with E-state index in [0.717, 1.165) is 5.56 Å². The number of rotatable bonds is 8. The number of amides is 3. The highest BCUT2D eigenvalue weighted by Crippen LogP contribution is 2.23. The van der Waals surface area contributed by atoms with Crippen LogP contribution in [0, 0.1) is 12.8 Å². The van der Waals surface area contributed by atoms with Gasteiger partial charge in [-0.3, -0.25) is 24.2 Å². The Labute approximate surface area is 193 Å². The smallest absolute Gasteiger partial charge is 0.310 e. The molecule has 4 atom stereocenters. The van der Waals surface area contributed by atoms with E-state index in [2.05, 4.69) is 15.6 Å². The van der Waals surface area contributed by atoms with E-state index >= 15 is 0 Å². The Morgan fingerprint density at radius 2 is 2.09 bits per heavy atom. The highest BCUT2D eigenvalue weighted by Gasteiger charge is 2.42. The lowest BCUT2D eigenvalue weighted by atomic mass is 10.0. The van der Waals surface area contributed by atoms with Gasteiger partial charge in [-0.1, -0.05) is 13.8 Å². The Morgan fingerprint density at radius 1 is 1.33 bits per heavy atom. The molecule has 2 N–H and O–H groups in total. The van der Waals surface area contributed by atoms with Gasteiger partial charge < -0.3 is 25.0 Å². The number of ether oxygens (including phenoxy) is 2. The Kier molecular flexibility index (Phi) is 8.01. The van der Waals surface area contributed by atoms with Crippen molar-refractivity contribution in [2.45, 2.75) is 71.4 Å². The third-order valence-electron chi connectivity index (χ3n) is 5.96. The summed E-state index contributed by atoms with van der Waals surface area (Å²) in [6, 6.07) is -0.349. The van der Waals surface area contributed by atoms with E-state index in [0.29, 0.717) is 31.6 Å². The molecule has 0 aliphatic carbocycles. The zero-order valence-electron chi connectivity index (χ0n) is 19.5. The van der Waals surface area contributed by atoms with Gasteiger partial charge in [-0.25, -0.2) is 0 Å². The molecule has 2 fully saturated rings. The number of carbonyl (C=O) groups excluding carboxylic acids is 4. The summed E-state index contributed by atoms with van der Waals surface area (Å²) < 4.78 is 10.5. The van der Waals surface area contributed by atoms with E-state index in [1.807, 2.05) is 13.8 Å². The van der Waals surface area contributed by atoms with Crippen molar-refractivity contribution in [3.63, 3.8) is 0 Å². The van der Waals surface area contributed by atoms with Crippen LogP contribution in [0.25, 0.3) is 0 Å². The Hall–Kier alpha value is -3.01. The number of hydrogen-bond donors (Lipinski definition) is 2. The van der Waals surface area contributed by atoms with Crippen LogP contribution in [0.5, 0.6) is 0 Å². The maximum absolute atomic E-state index is 13.4. The van der Waals surface area contributed by atoms with E-state index in [4.69, 9.17) is 9.47 Å². The number of likely N-dealkylation sites (tertiary alicyclic amines) is 1. The zero-order chi connectivity index (χ0) is 24.1. The largest absolute Gasteiger partial charge is 0.433 e. The minimum absolute atomic E-state index is 0.0201. The summed E-state index contributed by atoms with van der Waals surface area (Å²) in [4.78, 5) is 56.4. The molecular weight excluding hydrogens is 428 g/mol. The van der Waals surface area contributed by atoms with Crippen LogP contribution < -0.4 is 10.6 Å². The highest BCUT2D eigenvalue weighted by atomic mass is 16.7. The summed E-state index contributed by atoms with van der Waals surface area (Å²) in [7, 11) is 0. The van der Waals surface area contributed by atoms with Crippen molar-refractivity contribution < 1.29 is 28.7 Å². The van der Waals surface area contributed by atoms with Crippen LogP contribution in [0.3, 0.4) is 0 Å². The molecule has 2 aliphatic rings. The average molecular weight is 461 g/mol. The number of cyclic esters (lactones) is 1. The number of carbonyl (C=O) groups is 4. The predicted octanol–water partition coefficient (Wildman–Crippen LogP) is 0.930. The molecule has 1 aromatic heterocycles. The molecule has 1 aromatic rings. The van der Waals surface area contributed by atoms with Crippen molar-refractivity contribution in [1.29, 1.82) is 0 Å². The average Bonchev–Trinajstić information content (AvgIpc) is 3.38. The van der Waals surface area contributed by atoms with E-state index in [9.17, 15) is 19.2 Å². The van der Waals surface area contributed by atoms with Gasteiger partial charge in [0.2, 0.25) is 18.1 Å². The van der Waals surface area contributed by atoms with E-state index in [1.165, 1.54) is 11.1 Å². The Morgan fingerprint density at radius 3 is 2.76 bits per heavy atom. The Bertz CT molecular complexity index is 905. The first-order valence-electron chi connectivity index (χ1n) is 11.4. The maximum Gasteiger partial charge on any atom is 0.310 e. The minimum Gasteiger partial charge on any atom is -0.433 e. The molecule has 0 saturated carbocycles. The standard InChI is InChI=1S/C23H32N4O6/c1-5-32-23-16(11-18(28)33-23)25-21(30)17-7-6-10-27(17)22(31)19(13(2)3)26-20(29)15-12-24-9-8-14(15)4/h8-9,12-13,16-17,19,23H,5-7,10-11H2,1-4H3,(H,25,30)(H,26,29)/t16-,17+,19+,23-/m1/s1. The molecule has 3 rings (SSSR count). The van der Waals surface area contributed by atoms with Gasteiger partial charge in [0.05, 0.1) is 12.0 Å². The van der Waals surface area contributed by atoms with E-state index in [1.54, 1.807) is 26.1 Å². The monoisotopic (exact) mass is 460 g/mol. The third-order valence-corrected chi connectivity index (χ3v) is 5.96. The summed E-state index contributed by atoms with van der Waals surface area (Å²) in [5.41, 5.74) is 1.16. The quantitative estimate of drug-likeness (QED) is 0.553. The molecule has 3 amide bonds. The number of aromatic nitrogens is 1. The lowest BCUT2D eigenvalue weighted by molar-refractivity contribution is -0.164. The van der Waals surface area contributed by atoms with Crippen molar-refractivity contribution in [3.8, 4) is 0 Å². The van der Waals surface area contributed by atoms with Crippen LogP contribution in [0.2, 0.25) is 0 Å². The molecular formula is C23H32N4O6. The maximum atomic E-state index is 13.4. The summed E-state index contributed by atoms with van der Waals surface area (Å²) in [6.07, 6.45) is 3.43. The first-order valence-corrected chi connectivity index (χ1v) is 11.4. The first kappa shape index (κ1) is 24.6. The van der Waals surface area contributed by atoms with Gasteiger partial charge in [-0.05, 0) is 44.2 Å². The van der Waals surface area contributed by atoms with E-state index < -0.39 is 30.4 Å². The summed E-state index contributed by atoms with van der Waals surface area (Å²) in [5.74, 6) is -1.67. The van der Waals surface area contributed by atoms with Crippen molar-refractivity contribution in [2.24, 2.45) is 5.92 Å². The van der Waals surface area contributed by atoms with Crippen LogP contribution in [-0.4, -0.2) is 71.1 Å². The molecule has 0 radical (unpaired) electrons. The fraction of sp³-hybridized carbons (Fsp3) is 0.609. The molecule has 3 heterocycles. The lowest BCUT2D eigenvalue weighted by Crippen LogP contribution is -2.56. The topological polar surface area (TPSA) is 127 Å². The summed E-state index contributed by atoms with van der Waals surface area (Å²) in [5, 5.41) is 5.64. The van der Waals surface area contributed by atoms with Crippen molar-refractivity contribution in [2.75, 3.05) is 13.2 Å². The Balaban J connectivity index is 1.70. The SMILES string of the molecule is CCO[C@@H]1OC(=O)C[C@H]1NC(=O)[C@@H]1CCCN1C(=O)[C@@H](NC(=O)c1cnccc1C)C(C)C. The van der Waals surface area contributed by atoms with Gasteiger partial charge in [0.25, 0.3) is 5.91 Å². The van der Waals surface area contributed by atoms with Gasteiger partial charge in [-0.2, -0.15) is 0 Å². The normalized spacial score (nSPS) is 23.4. The molecule has 0 aromatic carbocycles. The van der Waals surface area contributed by atoms with Crippen LogP contribution in [0.1, 0.15) is 56.0 Å². The minimum atomic E-state index is -0.831. The van der Waals surface area contributed by atoms with Gasteiger partial charge in [0.1, 0.15) is 18.1 Å². The second kappa shape index (κ2) is 10.7. The number of nitrogens with one attached hydrogen (secondary N) is 2. The van der Waals surface area contributed by atoms with Gasteiger partial charge in [-0.15, -0.1) is 0 Å². The number of pyridine rings is 1. The second-order valence-corrected chi connectivity index (χ2v) is 8.71. The predicted molar refractivity (Wildman–Crippen MR) is 118 cm³/mol. The third kappa shape index (κ3) is 5.68. The molecule has 2 aliphatic heterocycles. The molecule has 10 nitrogen and oxygen atoms in total. The van der Waals surface area contributed by atoms with Gasteiger partial charge in [0, 0.05) is 25.5 Å². The fourth-order valence-corrected chi connectivity index (χ4v) is 4.16. The molecule has 0 bridgehead atoms. The number of aryl methyl sites for hydroxylation is 1. The van der Waals surface area contributed by atoms with E-state index in [-0.39, 0.29) is 30.1 Å². The van der Waals surface area contributed by atoms with Gasteiger partial charge in [0.15, 0.2) is 0 Å². The van der Waals surface area contributed by atoms with Crippen LogP contribution >= 0.6 is 0 Å². The van der Waals surface area contributed by atoms with Gasteiger partial charge >= 0.3 is 5.97 Å². The first-order chi connectivity index (χ1) is 15.7. The highest BCUT2D eigenvalue weighted by molar-refractivity contribution is 5.99. The fourth-order valence-electron chi connectivity index (χ4n) is 4.16. The molecule has 2 saturated heterocycles. The second-order valence-electron chi connectivity index (χ2n) is 8.71. The van der Waals surface area contributed by atoms with Crippen molar-refractivity contribution >= 4 is 23.7 Å². The molecule has 0 unspecified atom stereocenters. The lowest BCUT2D eigenvalue weighted by Gasteiger charge is -2.31. The molecule has 0 spiro atoms. The van der Waals surface area contributed by atoms with Crippen LogP contribution in [0.4, 0.5) is 0 Å². The molecule has 33 heavy (non-hydrogen) atoms. The number of esters is 1. The summed E-state index contributed by atoms with van der Waals surface area (Å²) in [6.45, 7) is 8.02. The van der Waals surface area contributed by atoms with Crippen LogP contribution in [0.15, 0.2) is 18.5 Å². The zero-order valence-corrected chi connectivity index (χ0v) is 19.5. The van der Waals surface area contributed by atoms with Crippen LogP contribution in [-0.2, 0) is 23.9 Å². The molecule has 180 valence electrons. The molecule has 10 heteroatoms.